The summed E-state index contributed by atoms with van der Waals surface area (Å²) in [5.74, 6) is -0.183. The first-order chi connectivity index (χ1) is 8.23. The number of hydrogen-bond acceptors (Lipinski definition) is 2. The fourth-order valence-electron chi connectivity index (χ4n) is 2.48. The molecule has 1 unspecified atom stereocenters. The third-order valence-electron chi connectivity index (χ3n) is 3.28. The van der Waals surface area contributed by atoms with Gasteiger partial charge in [-0.2, -0.15) is 10.5 Å². The Morgan fingerprint density at radius 2 is 2.12 bits per heavy atom. The summed E-state index contributed by atoms with van der Waals surface area (Å²) in [6.07, 6.45) is 6.59. The largest absolute Gasteiger partial charge is 0.198 e. The maximum Gasteiger partial charge on any atom is 0.0961 e. The molecule has 2 heteroatoms. The van der Waals surface area contributed by atoms with Crippen LogP contribution in [0.15, 0.2) is 35.5 Å². The third kappa shape index (κ3) is 2.48. The molecule has 88 valence electrons. The molecule has 1 aliphatic carbocycles. The van der Waals surface area contributed by atoms with Crippen molar-refractivity contribution in [2.24, 2.45) is 11.8 Å². The lowest BCUT2D eigenvalue weighted by Gasteiger charge is -2.28. The van der Waals surface area contributed by atoms with Crippen LogP contribution in [0, 0.1) is 34.5 Å². The number of nitrogens with zero attached hydrogens (tertiary/aromatic N) is 2. The molecule has 2 nitrogen and oxygen atoms in total. The average Bonchev–Trinajstić information content (AvgIpc) is 2.37. The molecule has 0 bridgehead atoms. The molecule has 0 aromatic carbocycles. The van der Waals surface area contributed by atoms with Crippen molar-refractivity contribution < 1.29 is 0 Å². The van der Waals surface area contributed by atoms with E-state index >= 15 is 0 Å². The summed E-state index contributed by atoms with van der Waals surface area (Å²) in [6, 6.07) is 4.43. The Bertz CT molecular complexity index is 441. The molecular formula is C15H18N2. The van der Waals surface area contributed by atoms with Gasteiger partial charge in [0.05, 0.1) is 18.1 Å². The predicted molar refractivity (Wildman–Crippen MR) is 68.7 cm³/mol. The van der Waals surface area contributed by atoms with Crippen LogP contribution in [-0.2, 0) is 0 Å². The minimum atomic E-state index is -0.307. The zero-order chi connectivity index (χ0) is 12.8. The van der Waals surface area contributed by atoms with Crippen molar-refractivity contribution >= 4 is 0 Å². The number of hydrogen-bond donors (Lipinski definition) is 0. The molecule has 17 heavy (non-hydrogen) atoms. The van der Waals surface area contributed by atoms with E-state index in [1.165, 1.54) is 5.57 Å². The minimum Gasteiger partial charge on any atom is -0.198 e. The standard InChI is InChI=1S/C15H18N2/c1-4-7-11-8-12(9-16)15(10-17)14(6-3)13(11)5-2/h5,8,14-15H,2,4,6-7H2,1,3H3/t14-,15?/m1/s1. The highest BCUT2D eigenvalue weighted by atomic mass is 14.4. The van der Waals surface area contributed by atoms with Crippen LogP contribution in [0.4, 0.5) is 0 Å². The molecule has 1 rings (SSSR count). The van der Waals surface area contributed by atoms with Crippen LogP contribution in [-0.4, -0.2) is 0 Å². The maximum atomic E-state index is 9.22. The van der Waals surface area contributed by atoms with Gasteiger partial charge in [0.25, 0.3) is 0 Å². The lowest BCUT2D eigenvalue weighted by Crippen LogP contribution is -2.21. The molecule has 0 heterocycles. The van der Waals surface area contributed by atoms with Crippen molar-refractivity contribution in [1.29, 1.82) is 10.5 Å². The van der Waals surface area contributed by atoms with Gasteiger partial charge in [0, 0.05) is 11.5 Å². The van der Waals surface area contributed by atoms with Gasteiger partial charge < -0.3 is 0 Å². The second-order valence-electron chi connectivity index (χ2n) is 4.27. The monoisotopic (exact) mass is 226 g/mol. The van der Waals surface area contributed by atoms with Crippen molar-refractivity contribution in [3.63, 3.8) is 0 Å². The van der Waals surface area contributed by atoms with E-state index in [2.05, 4.69) is 32.6 Å². The topological polar surface area (TPSA) is 47.6 Å². The molecule has 1 aliphatic rings. The van der Waals surface area contributed by atoms with Crippen molar-refractivity contribution in [3.05, 3.63) is 35.5 Å². The lowest BCUT2D eigenvalue weighted by atomic mass is 9.73. The highest BCUT2D eigenvalue weighted by molar-refractivity contribution is 5.48. The Kier molecular flexibility index (Phi) is 4.73. The zero-order valence-corrected chi connectivity index (χ0v) is 10.5. The summed E-state index contributed by atoms with van der Waals surface area (Å²) >= 11 is 0. The van der Waals surface area contributed by atoms with E-state index < -0.39 is 0 Å². The molecule has 0 saturated heterocycles. The van der Waals surface area contributed by atoms with Gasteiger partial charge >= 0.3 is 0 Å². The van der Waals surface area contributed by atoms with Gasteiger partial charge in [0.2, 0.25) is 0 Å². The van der Waals surface area contributed by atoms with Gasteiger partial charge in [-0.05, 0) is 30.1 Å². The molecule has 0 aromatic rings. The van der Waals surface area contributed by atoms with Crippen molar-refractivity contribution in [3.8, 4) is 12.1 Å². The van der Waals surface area contributed by atoms with E-state index in [9.17, 15) is 5.26 Å². The first-order valence-electron chi connectivity index (χ1n) is 6.10. The summed E-state index contributed by atoms with van der Waals surface area (Å²) in [4.78, 5) is 0. The zero-order valence-electron chi connectivity index (χ0n) is 10.5. The predicted octanol–water partition coefficient (Wildman–Crippen LogP) is 3.90. The molecule has 0 saturated carbocycles. The van der Waals surface area contributed by atoms with Gasteiger partial charge in [0.15, 0.2) is 0 Å². The van der Waals surface area contributed by atoms with Crippen LogP contribution in [0.1, 0.15) is 33.1 Å². The number of rotatable bonds is 4. The van der Waals surface area contributed by atoms with Crippen molar-refractivity contribution in [2.45, 2.75) is 33.1 Å². The van der Waals surface area contributed by atoms with E-state index in [1.807, 2.05) is 12.2 Å². The summed E-state index contributed by atoms with van der Waals surface area (Å²) in [5.41, 5.74) is 2.94. The Labute approximate surface area is 104 Å². The number of nitriles is 2. The van der Waals surface area contributed by atoms with E-state index in [4.69, 9.17) is 5.26 Å². The Balaban J connectivity index is 3.30. The summed E-state index contributed by atoms with van der Waals surface area (Å²) in [5, 5.41) is 18.4. The van der Waals surface area contributed by atoms with Crippen LogP contribution >= 0.6 is 0 Å². The van der Waals surface area contributed by atoms with Crippen molar-refractivity contribution in [2.75, 3.05) is 0 Å². The Hall–Kier alpha value is -1.80. The second-order valence-corrected chi connectivity index (χ2v) is 4.27. The molecule has 0 fully saturated rings. The fourth-order valence-corrected chi connectivity index (χ4v) is 2.48. The highest BCUT2D eigenvalue weighted by Gasteiger charge is 2.30. The molecule has 0 radical (unpaired) electrons. The first kappa shape index (κ1) is 13.3. The highest BCUT2D eigenvalue weighted by Crippen LogP contribution is 2.38. The van der Waals surface area contributed by atoms with Crippen LogP contribution < -0.4 is 0 Å². The van der Waals surface area contributed by atoms with Crippen LogP contribution in [0.2, 0.25) is 0 Å². The van der Waals surface area contributed by atoms with Crippen LogP contribution in [0.5, 0.6) is 0 Å². The molecule has 0 aromatic heterocycles. The maximum absolute atomic E-state index is 9.22. The lowest BCUT2D eigenvalue weighted by molar-refractivity contribution is 0.502. The quantitative estimate of drug-likeness (QED) is 0.729. The van der Waals surface area contributed by atoms with Gasteiger partial charge in [-0.3, -0.25) is 0 Å². The van der Waals surface area contributed by atoms with Gasteiger partial charge in [-0.15, -0.1) is 0 Å². The summed E-state index contributed by atoms with van der Waals surface area (Å²) in [6.45, 7) is 8.03. The molecule has 0 spiro atoms. The van der Waals surface area contributed by atoms with Gasteiger partial charge in [0.1, 0.15) is 0 Å². The third-order valence-corrected chi connectivity index (χ3v) is 3.28. The molecule has 0 amide bonds. The Morgan fingerprint density at radius 3 is 2.53 bits per heavy atom. The number of allylic oxidation sites excluding steroid dienone is 5. The van der Waals surface area contributed by atoms with Crippen molar-refractivity contribution in [1.82, 2.24) is 0 Å². The average molecular weight is 226 g/mol. The smallest absolute Gasteiger partial charge is 0.0961 e. The van der Waals surface area contributed by atoms with Gasteiger partial charge in [-0.1, -0.05) is 32.9 Å². The van der Waals surface area contributed by atoms with Crippen LogP contribution in [0.25, 0.3) is 0 Å². The minimum absolute atomic E-state index is 0.124. The van der Waals surface area contributed by atoms with E-state index in [1.54, 1.807) is 0 Å². The fraction of sp³-hybridized carbons (Fsp3) is 0.467. The normalized spacial score (nSPS) is 23.6. The molecule has 0 N–H and O–H groups in total. The SMILES string of the molecule is C=CC1=C(CCC)C=C(C#N)C(C#N)[C@@H]1CC. The van der Waals surface area contributed by atoms with E-state index in [0.29, 0.717) is 5.57 Å². The summed E-state index contributed by atoms with van der Waals surface area (Å²) in [7, 11) is 0. The van der Waals surface area contributed by atoms with Gasteiger partial charge in [-0.25, -0.2) is 0 Å². The summed E-state index contributed by atoms with van der Waals surface area (Å²) < 4.78 is 0. The van der Waals surface area contributed by atoms with E-state index in [-0.39, 0.29) is 11.8 Å². The molecule has 2 atom stereocenters. The Morgan fingerprint density at radius 1 is 1.41 bits per heavy atom. The molecule has 0 aliphatic heterocycles. The first-order valence-corrected chi connectivity index (χ1v) is 6.10. The van der Waals surface area contributed by atoms with Crippen LogP contribution in [0.3, 0.4) is 0 Å². The van der Waals surface area contributed by atoms with E-state index in [0.717, 1.165) is 24.8 Å². The molecular weight excluding hydrogens is 208 g/mol. The second kappa shape index (κ2) is 6.06.